The van der Waals surface area contributed by atoms with E-state index in [2.05, 4.69) is 16.7 Å². The van der Waals surface area contributed by atoms with Crippen molar-refractivity contribution < 1.29 is 14.3 Å². The van der Waals surface area contributed by atoms with Crippen molar-refractivity contribution in [1.29, 1.82) is 0 Å². The zero-order chi connectivity index (χ0) is 15.4. The molecule has 0 saturated carbocycles. The monoisotopic (exact) mass is 290 g/mol. The Kier molecular flexibility index (Phi) is 4.96. The number of amides is 1. The van der Waals surface area contributed by atoms with Gasteiger partial charge >= 0.3 is 5.97 Å². The summed E-state index contributed by atoms with van der Waals surface area (Å²) in [6.07, 6.45) is 0.633. The quantitative estimate of drug-likeness (QED) is 0.812. The van der Waals surface area contributed by atoms with Crippen LogP contribution in [0.2, 0.25) is 0 Å². The van der Waals surface area contributed by atoms with Crippen LogP contribution < -0.4 is 10.6 Å². The summed E-state index contributed by atoms with van der Waals surface area (Å²) in [5.41, 5.74) is 2.39. The van der Waals surface area contributed by atoms with E-state index in [9.17, 15) is 9.59 Å². The molecule has 2 atom stereocenters. The molecule has 1 heterocycles. The fourth-order valence-electron chi connectivity index (χ4n) is 2.52. The van der Waals surface area contributed by atoms with Gasteiger partial charge in [-0.15, -0.1) is 0 Å². The molecule has 1 aliphatic heterocycles. The highest BCUT2D eigenvalue weighted by Gasteiger charge is 2.30. The van der Waals surface area contributed by atoms with Gasteiger partial charge in [-0.2, -0.15) is 0 Å². The topological polar surface area (TPSA) is 67.4 Å². The van der Waals surface area contributed by atoms with E-state index in [1.807, 2.05) is 32.0 Å². The Morgan fingerprint density at radius 1 is 1.29 bits per heavy atom. The Bertz CT molecular complexity index is 528. The average Bonchev–Trinajstić information content (AvgIpc) is 2.50. The maximum absolute atomic E-state index is 12.4. The summed E-state index contributed by atoms with van der Waals surface area (Å²) < 4.78 is 4.74. The van der Waals surface area contributed by atoms with Gasteiger partial charge in [-0.1, -0.05) is 38.1 Å². The van der Waals surface area contributed by atoms with Gasteiger partial charge in [-0.25, -0.2) is 4.79 Å². The van der Waals surface area contributed by atoms with Gasteiger partial charge in [-0.3, -0.25) is 4.79 Å². The molecule has 1 aromatic carbocycles. The lowest BCUT2D eigenvalue weighted by molar-refractivity contribution is -0.146. The molecule has 0 aliphatic carbocycles. The normalized spacial score (nSPS) is 18.8. The predicted octanol–water partition coefficient (Wildman–Crippen LogP) is 1.01. The first kappa shape index (κ1) is 15.5. The number of hydrogen-bond donors (Lipinski definition) is 2. The van der Waals surface area contributed by atoms with Crippen molar-refractivity contribution in [2.45, 2.75) is 38.9 Å². The molecule has 0 fully saturated rings. The summed E-state index contributed by atoms with van der Waals surface area (Å²) in [4.78, 5) is 24.1. The lowest BCUT2D eigenvalue weighted by Crippen LogP contribution is -2.53. The second-order valence-electron chi connectivity index (χ2n) is 5.66. The SMILES string of the molecule is COC(=O)[C@@H](NC(=O)C1Cc2ccccc2CN1)C(C)C. The van der Waals surface area contributed by atoms with Crippen LogP contribution in [0.15, 0.2) is 24.3 Å². The maximum Gasteiger partial charge on any atom is 0.328 e. The summed E-state index contributed by atoms with van der Waals surface area (Å²) in [5.74, 6) is -0.583. The Balaban J connectivity index is 2.03. The lowest BCUT2D eigenvalue weighted by atomic mass is 9.95. The van der Waals surface area contributed by atoms with Crippen LogP contribution in [0.5, 0.6) is 0 Å². The molecule has 1 amide bonds. The number of carbonyl (C=O) groups is 2. The lowest BCUT2D eigenvalue weighted by Gasteiger charge is -2.28. The van der Waals surface area contributed by atoms with Crippen molar-refractivity contribution in [3.63, 3.8) is 0 Å². The van der Waals surface area contributed by atoms with E-state index >= 15 is 0 Å². The largest absolute Gasteiger partial charge is 0.467 e. The molecule has 0 spiro atoms. The molecule has 0 bridgehead atoms. The Morgan fingerprint density at radius 2 is 1.95 bits per heavy atom. The molecule has 0 aromatic heterocycles. The minimum atomic E-state index is -0.610. The van der Waals surface area contributed by atoms with Crippen molar-refractivity contribution in [1.82, 2.24) is 10.6 Å². The molecule has 21 heavy (non-hydrogen) atoms. The molecule has 0 radical (unpaired) electrons. The number of esters is 1. The highest BCUT2D eigenvalue weighted by atomic mass is 16.5. The third-order valence-electron chi connectivity index (χ3n) is 3.82. The Hall–Kier alpha value is -1.88. The van der Waals surface area contributed by atoms with Gasteiger partial charge in [-0.05, 0) is 23.5 Å². The maximum atomic E-state index is 12.4. The molecule has 5 nitrogen and oxygen atoms in total. The third-order valence-corrected chi connectivity index (χ3v) is 3.82. The molecule has 5 heteroatoms. The first-order chi connectivity index (χ1) is 10.0. The van der Waals surface area contributed by atoms with Gasteiger partial charge in [0, 0.05) is 6.54 Å². The van der Waals surface area contributed by atoms with Crippen molar-refractivity contribution >= 4 is 11.9 Å². The number of benzene rings is 1. The fraction of sp³-hybridized carbons (Fsp3) is 0.500. The van der Waals surface area contributed by atoms with Gasteiger partial charge in [0.05, 0.1) is 13.2 Å². The Labute approximate surface area is 125 Å². The summed E-state index contributed by atoms with van der Waals surface area (Å²) in [6, 6.07) is 7.14. The van der Waals surface area contributed by atoms with Crippen molar-refractivity contribution in [3.05, 3.63) is 35.4 Å². The molecule has 1 aromatic rings. The molecule has 2 rings (SSSR count). The molecular formula is C16H22N2O3. The third kappa shape index (κ3) is 3.61. The van der Waals surface area contributed by atoms with Gasteiger partial charge in [0.1, 0.15) is 6.04 Å². The van der Waals surface area contributed by atoms with Crippen LogP contribution in [0.3, 0.4) is 0 Å². The number of nitrogens with one attached hydrogen (secondary N) is 2. The molecule has 2 N–H and O–H groups in total. The number of hydrogen-bond acceptors (Lipinski definition) is 4. The van der Waals surface area contributed by atoms with E-state index in [0.717, 1.165) is 0 Å². The zero-order valence-corrected chi connectivity index (χ0v) is 12.7. The number of fused-ring (bicyclic) bond motifs is 1. The van der Waals surface area contributed by atoms with Crippen LogP contribution >= 0.6 is 0 Å². The van der Waals surface area contributed by atoms with Crippen LogP contribution in [0.25, 0.3) is 0 Å². The second kappa shape index (κ2) is 6.72. The van der Waals surface area contributed by atoms with E-state index in [1.54, 1.807) is 0 Å². The summed E-state index contributed by atoms with van der Waals surface area (Å²) in [7, 11) is 1.33. The van der Waals surface area contributed by atoms with E-state index in [1.165, 1.54) is 18.2 Å². The first-order valence-electron chi connectivity index (χ1n) is 7.21. The van der Waals surface area contributed by atoms with E-state index in [4.69, 9.17) is 4.74 Å². The summed E-state index contributed by atoms with van der Waals surface area (Å²) >= 11 is 0. The smallest absolute Gasteiger partial charge is 0.328 e. The summed E-state index contributed by atoms with van der Waals surface area (Å²) in [5, 5.41) is 6.00. The fourth-order valence-corrected chi connectivity index (χ4v) is 2.52. The number of carbonyl (C=O) groups excluding carboxylic acids is 2. The molecule has 1 unspecified atom stereocenters. The minimum Gasteiger partial charge on any atom is -0.467 e. The van der Waals surface area contributed by atoms with Gasteiger partial charge in [0.25, 0.3) is 0 Å². The van der Waals surface area contributed by atoms with Crippen molar-refractivity contribution in [2.75, 3.05) is 7.11 Å². The summed E-state index contributed by atoms with van der Waals surface area (Å²) in [6.45, 7) is 4.43. The number of ether oxygens (including phenoxy) is 1. The van der Waals surface area contributed by atoms with Crippen LogP contribution in [-0.4, -0.2) is 31.1 Å². The standard InChI is InChI=1S/C16H22N2O3/c1-10(2)14(16(20)21-3)18-15(19)13-8-11-6-4-5-7-12(11)9-17-13/h4-7,10,13-14,17H,8-9H2,1-3H3,(H,18,19)/t13?,14-/m0/s1. The van der Waals surface area contributed by atoms with Crippen molar-refractivity contribution in [2.24, 2.45) is 5.92 Å². The van der Waals surface area contributed by atoms with Gasteiger partial charge in [0.15, 0.2) is 0 Å². The van der Waals surface area contributed by atoms with Crippen molar-refractivity contribution in [3.8, 4) is 0 Å². The second-order valence-corrected chi connectivity index (χ2v) is 5.66. The zero-order valence-electron chi connectivity index (χ0n) is 12.7. The van der Waals surface area contributed by atoms with Gasteiger partial charge < -0.3 is 15.4 Å². The van der Waals surface area contributed by atoms with Crippen LogP contribution in [0.1, 0.15) is 25.0 Å². The highest BCUT2D eigenvalue weighted by molar-refractivity contribution is 5.88. The molecular weight excluding hydrogens is 268 g/mol. The van der Waals surface area contributed by atoms with E-state index < -0.39 is 12.0 Å². The van der Waals surface area contributed by atoms with E-state index in [0.29, 0.717) is 13.0 Å². The molecule has 114 valence electrons. The first-order valence-corrected chi connectivity index (χ1v) is 7.21. The number of methoxy groups -OCH3 is 1. The van der Waals surface area contributed by atoms with Crippen LogP contribution in [0, 0.1) is 5.92 Å². The van der Waals surface area contributed by atoms with Gasteiger partial charge in [0.2, 0.25) is 5.91 Å². The molecule has 0 saturated heterocycles. The molecule has 1 aliphatic rings. The van der Waals surface area contributed by atoms with E-state index in [-0.39, 0.29) is 17.9 Å². The Morgan fingerprint density at radius 3 is 2.57 bits per heavy atom. The average molecular weight is 290 g/mol. The van der Waals surface area contributed by atoms with Crippen LogP contribution in [0.4, 0.5) is 0 Å². The minimum absolute atomic E-state index is 0.0164. The number of rotatable bonds is 4. The highest BCUT2D eigenvalue weighted by Crippen LogP contribution is 2.16. The van der Waals surface area contributed by atoms with Crippen LogP contribution in [-0.2, 0) is 27.3 Å². The predicted molar refractivity (Wildman–Crippen MR) is 79.6 cm³/mol.